The second kappa shape index (κ2) is 6.92. The number of nitrogens with zero attached hydrogens (tertiary/aromatic N) is 2. The van der Waals surface area contributed by atoms with Crippen molar-refractivity contribution in [2.24, 2.45) is 0 Å². The summed E-state index contributed by atoms with van der Waals surface area (Å²) in [5.41, 5.74) is 0. The summed E-state index contributed by atoms with van der Waals surface area (Å²) < 4.78 is 0. The van der Waals surface area contributed by atoms with Gasteiger partial charge in [-0.15, -0.1) is 0 Å². The molecule has 0 aromatic rings. The smallest absolute Gasteiger partial charge is 0.323 e. The minimum absolute atomic E-state index is 0.0415. The molecule has 2 aliphatic carbocycles. The molecule has 6 heteroatoms. The molecule has 0 aliphatic heterocycles. The van der Waals surface area contributed by atoms with Crippen molar-refractivity contribution in [2.75, 3.05) is 19.7 Å². The normalized spacial score (nSPS) is 19.6. The summed E-state index contributed by atoms with van der Waals surface area (Å²) in [6, 6.07) is 0.00488. The van der Waals surface area contributed by atoms with Crippen LogP contribution in [0.25, 0.3) is 0 Å². The highest BCUT2D eigenvalue weighted by molar-refractivity contribution is 5.80. The average Bonchev–Trinajstić information content (AvgIpc) is 2.85. The summed E-state index contributed by atoms with van der Waals surface area (Å²) in [6.07, 6.45) is 6.89. The first-order valence-corrected chi connectivity index (χ1v) is 7.53. The van der Waals surface area contributed by atoms with Gasteiger partial charge in [0.15, 0.2) is 0 Å². The second-order valence-corrected chi connectivity index (χ2v) is 5.74. The highest BCUT2D eigenvalue weighted by atomic mass is 16.4. The minimum Gasteiger partial charge on any atom is -0.480 e. The summed E-state index contributed by atoms with van der Waals surface area (Å²) in [5.74, 6) is -0.970. The number of amides is 2. The van der Waals surface area contributed by atoms with Crippen LogP contribution < -0.4 is 0 Å². The van der Waals surface area contributed by atoms with Crippen LogP contribution in [0.1, 0.15) is 44.9 Å². The number of aliphatic hydroxyl groups is 1. The minimum atomic E-state index is -0.970. The summed E-state index contributed by atoms with van der Waals surface area (Å²) >= 11 is 0. The Labute approximate surface area is 119 Å². The second-order valence-electron chi connectivity index (χ2n) is 5.74. The number of rotatable bonds is 6. The van der Waals surface area contributed by atoms with Crippen molar-refractivity contribution in [3.8, 4) is 0 Å². The number of carbonyl (C=O) groups is 2. The van der Waals surface area contributed by atoms with Crippen molar-refractivity contribution in [3.63, 3.8) is 0 Å². The number of aliphatic carboxylic acids is 1. The highest BCUT2D eigenvalue weighted by Gasteiger charge is 2.35. The van der Waals surface area contributed by atoms with E-state index in [9.17, 15) is 9.59 Å². The van der Waals surface area contributed by atoms with Gasteiger partial charge in [0, 0.05) is 18.6 Å². The molecule has 2 aliphatic rings. The van der Waals surface area contributed by atoms with Crippen molar-refractivity contribution < 1.29 is 19.8 Å². The average molecular weight is 284 g/mol. The molecule has 0 saturated heterocycles. The van der Waals surface area contributed by atoms with Crippen LogP contribution in [-0.4, -0.2) is 63.8 Å². The number of aliphatic hydroxyl groups excluding tert-OH is 1. The van der Waals surface area contributed by atoms with Crippen LogP contribution in [0.2, 0.25) is 0 Å². The van der Waals surface area contributed by atoms with E-state index in [1.165, 1.54) is 4.90 Å². The Hall–Kier alpha value is -1.30. The fraction of sp³-hybridized carbons (Fsp3) is 0.857. The van der Waals surface area contributed by atoms with Crippen LogP contribution >= 0.6 is 0 Å². The van der Waals surface area contributed by atoms with Gasteiger partial charge in [-0.3, -0.25) is 4.79 Å². The van der Waals surface area contributed by atoms with E-state index in [1.807, 2.05) is 0 Å². The van der Waals surface area contributed by atoms with Gasteiger partial charge < -0.3 is 20.0 Å². The van der Waals surface area contributed by atoms with Gasteiger partial charge in [-0.2, -0.15) is 0 Å². The maximum Gasteiger partial charge on any atom is 0.323 e. The van der Waals surface area contributed by atoms with Gasteiger partial charge >= 0.3 is 12.0 Å². The van der Waals surface area contributed by atoms with Gasteiger partial charge in [0.1, 0.15) is 6.54 Å². The Balaban J connectivity index is 2.07. The number of urea groups is 1. The van der Waals surface area contributed by atoms with Crippen molar-refractivity contribution in [1.82, 2.24) is 9.80 Å². The van der Waals surface area contributed by atoms with E-state index in [0.29, 0.717) is 6.54 Å². The van der Waals surface area contributed by atoms with Gasteiger partial charge in [0.25, 0.3) is 0 Å². The Morgan fingerprint density at radius 2 is 1.50 bits per heavy atom. The number of carboxylic acid groups (broad SMARTS) is 1. The van der Waals surface area contributed by atoms with Gasteiger partial charge in [-0.1, -0.05) is 12.8 Å². The Morgan fingerprint density at radius 1 is 0.950 bits per heavy atom. The Kier molecular flexibility index (Phi) is 5.23. The highest BCUT2D eigenvalue weighted by Crippen LogP contribution is 2.28. The van der Waals surface area contributed by atoms with E-state index < -0.39 is 5.97 Å². The monoisotopic (exact) mass is 284 g/mol. The van der Waals surface area contributed by atoms with Crippen LogP contribution in [-0.2, 0) is 4.79 Å². The van der Waals surface area contributed by atoms with Crippen LogP contribution in [0.4, 0.5) is 4.79 Å². The summed E-state index contributed by atoms with van der Waals surface area (Å²) in [5, 5.41) is 18.2. The predicted octanol–water partition coefficient (Wildman–Crippen LogP) is 1.28. The summed E-state index contributed by atoms with van der Waals surface area (Å²) in [7, 11) is 0. The first-order chi connectivity index (χ1) is 9.63. The molecule has 0 bridgehead atoms. The molecule has 2 amide bonds. The maximum absolute atomic E-state index is 12.7. The molecule has 0 radical (unpaired) electrons. The Morgan fingerprint density at radius 3 is 1.95 bits per heavy atom. The lowest BCUT2D eigenvalue weighted by Crippen LogP contribution is -2.55. The molecule has 6 nitrogen and oxygen atoms in total. The quantitative estimate of drug-likeness (QED) is 0.770. The van der Waals surface area contributed by atoms with Crippen molar-refractivity contribution in [3.05, 3.63) is 0 Å². The molecule has 0 aromatic heterocycles. The van der Waals surface area contributed by atoms with E-state index in [1.54, 1.807) is 4.90 Å². The van der Waals surface area contributed by atoms with Gasteiger partial charge in [-0.05, 0) is 32.1 Å². The molecule has 0 unspecified atom stereocenters. The zero-order chi connectivity index (χ0) is 14.5. The van der Waals surface area contributed by atoms with Gasteiger partial charge in [0.05, 0.1) is 6.61 Å². The standard InChI is InChI=1S/C14H24N2O4/c17-9-8-15(11-6-3-7-11)14(20)16(10-13(18)19)12-4-1-2-5-12/h11-12,17H,1-10H2,(H,18,19). The van der Waals surface area contributed by atoms with Gasteiger partial charge in [-0.25, -0.2) is 4.79 Å². The fourth-order valence-electron chi connectivity index (χ4n) is 3.12. The molecule has 0 heterocycles. The lowest BCUT2D eigenvalue weighted by atomic mass is 9.91. The molecule has 2 rings (SSSR count). The topological polar surface area (TPSA) is 81.1 Å². The largest absolute Gasteiger partial charge is 0.480 e. The number of hydrogen-bond donors (Lipinski definition) is 2. The maximum atomic E-state index is 12.7. The molecular formula is C14H24N2O4. The van der Waals surface area contributed by atoms with E-state index in [4.69, 9.17) is 10.2 Å². The zero-order valence-electron chi connectivity index (χ0n) is 11.8. The summed E-state index contributed by atoms with van der Waals surface area (Å²) in [4.78, 5) is 26.9. The molecule has 0 atom stereocenters. The Bertz CT molecular complexity index is 351. The number of hydrogen-bond acceptors (Lipinski definition) is 3. The third kappa shape index (κ3) is 3.42. The molecule has 2 fully saturated rings. The molecular weight excluding hydrogens is 260 g/mol. The third-order valence-electron chi connectivity index (χ3n) is 4.42. The van der Waals surface area contributed by atoms with Gasteiger partial charge in [0.2, 0.25) is 0 Å². The SMILES string of the molecule is O=C(O)CN(C(=O)N(CCO)C1CCC1)C1CCCC1. The van der Waals surface area contributed by atoms with Crippen LogP contribution in [0.5, 0.6) is 0 Å². The van der Waals surface area contributed by atoms with E-state index in [0.717, 1.165) is 44.9 Å². The number of carbonyl (C=O) groups excluding carboxylic acids is 1. The first-order valence-electron chi connectivity index (χ1n) is 7.53. The van der Waals surface area contributed by atoms with E-state index >= 15 is 0 Å². The summed E-state index contributed by atoms with van der Waals surface area (Å²) in [6.45, 7) is -0.0156. The zero-order valence-corrected chi connectivity index (χ0v) is 11.8. The molecule has 114 valence electrons. The third-order valence-corrected chi connectivity index (χ3v) is 4.42. The van der Waals surface area contributed by atoms with Crippen LogP contribution in [0.15, 0.2) is 0 Å². The first kappa shape index (κ1) is 15.1. The molecule has 0 spiro atoms. The lowest BCUT2D eigenvalue weighted by Gasteiger charge is -2.41. The van der Waals surface area contributed by atoms with Crippen molar-refractivity contribution in [1.29, 1.82) is 0 Å². The van der Waals surface area contributed by atoms with Crippen molar-refractivity contribution >= 4 is 12.0 Å². The van der Waals surface area contributed by atoms with Crippen LogP contribution in [0.3, 0.4) is 0 Å². The molecule has 2 N–H and O–H groups in total. The molecule has 20 heavy (non-hydrogen) atoms. The predicted molar refractivity (Wildman–Crippen MR) is 73.4 cm³/mol. The fourth-order valence-corrected chi connectivity index (χ4v) is 3.12. The molecule has 0 aromatic carbocycles. The van der Waals surface area contributed by atoms with E-state index in [-0.39, 0.29) is 31.3 Å². The molecule has 2 saturated carbocycles. The van der Waals surface area contributed by atoms with E-state index in [2.05, 4.69) is 0 Å². The lowest BCUT2D eigenvalue weighted by molar-refractivity contribution is -0.138. The number of carboxylic acids is 1. The van der Waals surface area contributed by atoms with Crippen molar-refractivity contribution in [2.45, 2.75) is 57.0 Å². The van der Waals surface area contributed by atoms with Crippen LogP contribution in [0, 0.1) is 0 Å².